The molecule has 1 aromatic rings. The quantitative estimate of drug-likeness (QED) is 0.875. The van der Waals surface area contributed by atoms with Crippen molar-refractivity contribution in [2.45, 2.75) is 38.1 Å². The lowest BCUT2D eigenvalue weighted by molar-refractivity contribution is -0.274. The van der Waals surface area contributed by atoms with Gasteiger partial charge < -0.3 is 15.6 Å². The van der Waals surface area contributed by atoms with Crippen molar-refractivity contribution >= 4 is 5.97 Å². The molecule has 112 valence electrons. The minimum Gasteiger partial charge on any atom is -0.480 e. The third kappa shape index (κ3) is 4.73. The van der Waals surface area contributed by atoms with Crippen molar-refractivity contribution in [3.63, 3.8) is 0 Å². The molecular weight excluding hydrogens is 275 g/mol. The monoisotopic (exact) mass is 291 g/mol. The number of benzene rings is 1. The summed E-state index contributed by atoms with van der Waals surface area (Å²) in [5.41, 5.74) is 4.71. The van der Waals surface area contributed by atoms with Crippen LogP contribution in [0.2, 0.25) is 0 Å². The summed E-state index contributed by atoms with van der Waals surface area (Å²) in [5.74, 6) is -1.82. The van der Waals surface area contributed by atoms with E-state index in [-0.39, 0.29) is 18.1 Å². The molecule has 0 aromatic heterocycles. The van der Waals surface area contributed by atoms with Gasteiger partial charge in [0, 0.05) is 0 Å². The summed E-state index contributed by atoms with van der Waals surface area (Å²) in [7, 11) is 0. The lowest BCUT2D eigenvalue weighted by atomic mass is 9.86. The van der Waals surface area contributed by atoms with Gasteiger partial charge in [0.05, 0.1) is 0 Å². The predicted octanol–water partition coefficient (Wildman–Crippen LogP) is 2.88. The largest absolute Gasteiger partial charge is 0.573 e. The van der Waals surface area contributed by atoms with Crippen LogP contribution in [0.3, 0.4) is 0 Å². The summed E-state index contributed by atoms with van der Waals surface area (Å²) in [6.07, 6.45) is -4.66. The van der Waals surface area contributed by atoms with E-state index >= 15 is 0 Å². The fourth-order valence-corrected chi connectivity index (χ4v) is 1.86. The second-order valence-electron chi connectivity index (χ2n) is 4.95. The second-order valence-corrected chi connectivity index (χ2v) is 4.95. The molecule has 0 saturated heterocycles. The van der Waals surface area contributed by atoms with E-state index in [4.69, 9.17) is 10.8 Å². The van der Waals surface area contributed by atoms with E-state index in [0.29, 0.717) is 5.56 Å². The molecule has 0 radical (unpaired) electrons. The molecule has 20 heavy (non-hydrogen) atoms. The molecule has 0 saturated carbocycles. The zero-order valence-corrected chi connectivity index (χ0v) is 11.1. The number of hydrogen-bond donors (Lipinski definition) is 2. The Morgan fingerprint density at radius 3 is 2.55 bits per heavy atom. The Bertz CT molecular complexity index is 486. The van der Waals surface area contributed by atoms with Gasteiger partial charge in [-0.25, -0.2) is 0 Å². The highest BCUT2D eigenvalue weighted by atomic mass is 19.4. The first-order valence-corrected chi connectivity index (χ1v) is 5.89. The second kappa shape index (κ2) is 5.70. The average molecular weight is 291 g/mol. The zero-order valence-electron chi connectivity index (χ0n) is 11.1. The SMILES string of the molecule is CC(CC(C)(N)C(=O)O)c1cccc(OC(F)(F)F)c1. The molecule has 0 spiro atoms. The van der Waals surface area contributed by atoms with Crippen LogP contribution in [0.15, 0.2) is 24.3 Å². The number of alkyl halides is 3. The van der Waals surface area contributed by atoms with Gasteiger partial charge in [-0.3, -0.25) is 4.79 Å². The van der Waals surface area contributed by atoms with Crippen LogP contribution >= 0.6 is 0 Å². The van der Waals surface area contributed by atoms with Crippen LogP contribution in [0.4, 0.5) is 13.2 Å². The third-order valence-electron chi connectivity index (χ3n) is 2.88. The fraction of sp³-hybridized carbons (Fsp3) is 0.462. The Balaban J connectivity index is 2.86. The van der Waals surface area contributed by atoms with Crippen LogP contribution < -0.4 is 10.5 Å². The molecule has 0 aliphatic rings. The highest BCUT2D eigenvalue weighted by molar-refractivity contribution is 5.77. The van der Waals surface area contributed by atoms with Crippen molar-refractivity contribution in [2.75, 3.05) is 0 Å². The first-order chi connectivity index (χ1) is 9.01. The Kier molecular flexibility index (Phi) is 4.65. The van der Waals surface area contributed by atoms with Gasteiger partial charge in [-0.15, -0.1) is 13.2 Å². The highest BCUT2D eigenvalue weighted by Crippen LogP contribution is 2.29. The van der Waals surface area contributed by atoms with Gasteiger partial charge in [-0.05, 0) is 37.0 Å². The number of hydrogen-bond acceptors (Lipinski definition) is 3. The molecule has 7 heteroatoms. The summed E-state index contributed by atoms with van der Waals surface area (Å²) in [6.45, 7) is 3.06. The van der Waals surface area contributed by atoms with Gasteiger partial charge in [0.25, 0.3) is 0 Å². The third-order valence-corrected chi connectivity index (χ3v) is 2.88. The van der Waals surface area contributed by atoms with E-state index in [1.54, 1.807) is 13.0 Å². The zero-order chi connectivity index (χ0) is 15.6. The maximum Gasteiger partial charge on any atom is 0.573 e. The van der Waals surface area contributed by atoms with Crippen molar-refractivity contribution in [3.8, 4) is 5.75 Å². The lowest BCUT2D eigenvalue weighted by Crippen LogP contribution is -2.45. The lowest BCUT2D eigenvalue weighted by Gasteiger charge is -2.24. The molecule has 3 N–H and O–H groups in total. The number of carbonyl (C=O) groups is 1. The molecule has 1 rings (SSSR count). The van der Waals surface area contributed by atoms with E-state index < -0.39 is 17.9 Å². The van der Waals surface area contributed by atoms with Crippen LogP contribution in [0, 0.1) is 0 Å². The normalized spacial score (nSPS) is 16.3. The smallest absolute Gasteiger partial charge is 0.480 e. The summed E-state index contributed by atoms with van der Waals surface area (Å²) in [4.78, 5) is 10.9. The van der Waals surface area contributed by atoms with E-state index in [1.165, 1.54) is 25.1 Å². The molecule has 0 aliphatic heterocycles. The summed E-state index contributed by atoms with van der Waals surface area (Å²) in [6, 6.07) is 5.44. The summed E-state index contributed by atoms with van der Waals surface area (Å²) >= 11 is 0. The topological polar surface area (TPSA) is 72.6 Å². The Labute approximate surface area is 114 Å². The van der Waals surface area contributed by atoms with Gasteiger partial charge in [0.1, 0.15) is 11.3 Å². The van der Waals surface area contributed by atoms with E-state index in [1.807, 2.05) is 0 Å². The molecule has 2 atom stereocenters. The van der Waals surface area contributed by atoms with Crippen molar-refractivity contribution < 1.29 is 27.8 Å². The first kappa shape index (κ1) is 16.3. The summed E-state index contributed by atoms with van der Waals surface area (Å²) < 4.78 is 40.2. The van der Waals surface area contributed by atoms with Crippen LogP contribution in [-0.2, 0) is 4.79 Å². The van der Waals surface area contributed by atoms with Crippen LogP contribution in [0.25, 0.3) is 0 Å². The van der Waals surface area contributed by atoms with E-state index in [0.717, 1.165) is 0 Å². The number of nitrogens with two attached hydrogens (primary N) is 1. The molecule has 0 fully saturated rings. The first-order valence-electron chi connectivity index (χ1n) is 5.89. The maximum absolute atomic E-state index is 12.1. The van der Waals surface area contributed by atoms with Gasteiger partial charge >= 0.3 is 12.3 Å². The average Bonchev–Trinajstić information content (AvgIpc) is 2.26. The predicted molar refractivity (Wildman–Crippen MR) is 66.4 cm³/mol. The van der Waals surface area contributed by atoms with Crippen molar-refractivity contribution in [2.24, 2.45) is 5.73 Å². The molecule has 0 bridgehead atoms. The fourth-order valence-electron chi connectivity index (χ4n) is 1.86. The number of carboxylic acid groups (broad SMARTS) is 1. The minimum atomic E-state index is -4.76. The molecule has 1 aromatic carbocycles. The number of carboxylic acids is 1. The standard InChI is InChI=1S/C13H16F3NO3/c1-8(7-12(2,17)11(18)19)9-4-3-5-10(6-9)20-13(14,15)16/h3-6,8H,7,17H2,1-2H3,(H,18,19). The number of ether oxygens (including phenoxy) is 1. The van der Waals surface area contributed by atoms with Crippen molar-refractivity contribution in [3.05, 3.63) is 29.8 Å². The van der Waals surface area contributed by atoms with Crippen molar-refractivity contribution in [1.82, 2.24) is 0 Å². The highest BCUT2D eigenvalue weighted by Gasteiger charge is 2.32. The van der Waals surface area contributed by atoms with Gasteiger partial charge in [0.2, 0.25) is 0 Å². The van der Waals surface area contributed by atoms with Gasteiger partial charge in [-0.2, -0.15) is 0 Å². The molecule has 0 aliphatic carbocycles. The van der Waals surface area contributed by atoms with Crippen LogP contribution in [0.5, 0.6) is 5.75 Å². The maximum atomic E-state index is 12.1. The number of aliphatic carboxylic acids is 1. The minimum absolute atomic E-state index is 0.0950. The molecule has 0 heterocycles. The number of rotatable bonds is 5. The Hall–Kier alpha value is -1.76. The number of halogens is 3. The van der Waals surface area contributed by atoms with Crippen LogP contribution in [0.1, 0.15) is 31.7 Å². The summed E-state index contributed by atoms with van der Waals surface area (Å²) in [5, 5.41) is 8.95. The molecule has 2 unspecified atom stereocenters. The molecular formula is C13H16F3NO3. The Morgan fingerprint density at radius 2 is 2.05 bits per heavy atom. The Morgan fingerprint density at radius 1 is 1.45 bits per heavy atom. The molecule has 4 nitrogen and oxygen atoms in total. The molecule has 0 amide bonds. The van der Waals surface area contributed by atoms with E-state index in [2.05, 4.69) is 4.74 Å². The van der Waals surface area contributed by atoms with Gasteiger partial charge in [0.15, 0.2) is 0 Å². The van der Waals surface area contributed by atoms with Gasteiger partial charge in [-0.1, -0.05) is 19.1 Å². The van der Waals surface area contributed by atoms with E-state index in [9.17, 15) is 18.0 Å². The van der Waals surface area contributed by atoms with Crippen molar-refractivity contribution in [1.29, 1.82) is 0 Å². The van der Waals surface area contributed by atoms with Crippen LogP contribution in [-0.4, -0.2) is 23.0 Å².